The topological polar surface area (TPSA) is 17.1 Å². The number of rotatable bonds is 5. The Kier molecular flexibility index (Phi) is 5.06. The first-order valence-electron chi connectivity index (χ1n) is 6.17. The standard InChI is InChI=1S/C16H15ClOS/c1-2-19-11-12-3-5-13(6-4-12)16(18)14-7-9-15(17)10-8-14/h3-10H,2,11H2,1H3. The van der Waals surface area contributed by atoms with Crippen molar-refractivity contribution < 1.29 is 4.79 Å². The number of halogens is 1. The lowest BCUT2D eigenvalue weighted by atomic mass is 10.0. The molecule has 0 radical (unpaired) electrons. The highest BCUT2D eigenvalue weighted by Crippen LogP contribution is 2.16. The summed E-state index contributed by atoms with van der Waals surface area (Å²) in [5.41, 5.74) is 2.63. The summed E-state index contributed by atoms with van der Waals surface area (Å²) in [6.07, 6.45) is 0. The molecule has 0 aliphatic rings. The molecular weight excluding hydrogens is 276 g/mol. The summed E-state index contributed by atoms with van der Waals surface area (Å²) >= 11 is 7.69. The Morgan fingerprint density at radius 1 is 1.00 bits per heavy atom. The quantitative estimate of drug-likeness (QED) is 0.734. The Balaban J connectivity index is 2.13. The Bertz CT molecular complexity index is 546. The Morgan fingerprint density at radius 3 is 2.05 bits per heavy atom. The van der Waals surface area contributed by atoms with Crippen molar-refractivity contribution in [3.8, 4) is 0 Å². The van der Waals surface area contributed by atoms with Crippen molar-refractivity contribution >= 4 is 29.1 Å². The number of hydrogen-bond donors (Lipinski definition) is 0. The van der Waals surface area contributed by atoms with Gasteiger partial charge in [0.25, 0.3) is 0 Å². The van der Waals surface area contributed by atoms with Gasteiger partial charge in [-0.2, -0.15) is 11.8 Å². The van der Waals surface area contributed by atoms with Crippen molar-refractivity contribution in [2.75, 3.05) is 5.75 Å². The molecule has 0 heterocycles. The van der Waals surface area contributed by atoms with Crippen LogP contribution in [-0.2, 0) is 5.75 Å². The maximum Gasteiger partial charge on any atom is 0.193 e. The molecule has 0 aromatic heterocycles. The van der Waals surface area contributed by atoms with E-state index in [1.54, 1.807) is 24.3 Å². The Hall–Kier alpha value is -1.25. The number of carbonyl (C=O) groups is 1. The van der Waals surface area contributed by atoms with Crippen LogP contribution < -0.4 is 0 Å². The van der Waals surface area contributed by atoms with Crippen LogP contribution in [0.4, 0.5) is 0 Å². The van der Waals surface area contributed by atoms with Gasteiger partial charge < -0.3 is 0 Å². The summed E-state index contributed by atoms with van der Waals surface area (Å²) in [5, 5.41) is 0.642. The average molecular weight is 291 g/mol. The highest BCUT2D eigenvalue weighted by atomic mass is 35.5. The molecule has 0 amide bonds. The second-order valence-corrected chi connectivity index (χ2v) is 5.88. The molecule has 2 aromatic carbocycles. The van der Waals surface area contributed by atoms with Crippen molar-refractivity contribution in [3.63, 3.8) is 0 Å². The number of carbonyl (C=O) groups excluding carboxylic acids is 1. The van der Waals surface area contributed by atoms with Crippen molar-refractivity contribution in [3.05, 3.63) is 70.2 Å². The van der Waals surface area contributed by atoms with Gasteiger partial charge in [-0.15, -0.1) is 0 Å². The van der Waals surface area contributed by atoms with Crippen LogP contribution in [0.15, 0.2) is 48.5 Å². The van der Waals surface area contributed by atoms with Gasteiger partial charge in [0, 0.05) is 21.9 Å². The maximum absolute atomic E-state index is 12.2. The van der Waals surface area contributed by atoms with E-state index in [0.717, 1.165) is 11.5 Å². The van der Waals surface area contributed by atoms with E-state index in [2.05, 4.69) is 6.92 Å². The molecule has 0 aliphatic heterocycles. The summed E-state index contributed by atoms with van der Waals surface area (Å²) < 4.78 is 0. The van der Waals surface area contributed by atoms with Gasteiger partial charge in [0.2, 0.25) is 0 Å². The molecule has 0 spiro atoms. The van der Waals surface area contributed by atoms with Crippen LogP contribution in [0.25, 0.3) is 0 Å². The average Bonchev–Trinajstić information content (AvgIpc) is 2.46. The molecule has 0 aliphatic carbocycles. The minimum Gasteiger partial charge on any atom is -0.289 e. The lowest BCUT2D eigenvalue weighted by Gasteiger charge is -2.04. The minimum atomic E-state index is 0.0337. The SMILES string of the molecule is CCSCc1ccc(C(=O)c2ccc(Cl)cc2)cc1. The van der Waals surface area contributed by atoms with Gasteiger partial charge in [-0.05, 0) is 35.6 Å². The van der Waals surface area contributed by atoms with E-state index < -0.39 is 0 Å². The van der Waals surface area contributed by atoms with E-state index in [1.807, 2.05) is 36.0 Å². The molecule has 3 heteroatoms. The van der Waals surface area contributed by atoms with Crippen LogP contribution in [0.2, 0.25) is 5.02 Å². The third kappa shape index (κ3) is 3.85. The summed E-state index contributed by atoms with van der Waals surface area (Å²) in [7, 11) is 0. The second-order valence-electron chi connectivity index (χ2n) is 4.17. The molecule has 0 saturated carbocycles. The summed E-state index contributed by atoms with van der Waals surface area (Å²) in [5.74, 6) is 2.13. The smallest absolute Gasteiger partial charge is 0.193 e. The molecule has 0 N–H and O–H groups in total. The first kappa shape index (κ1) is 14.2. The lowest BCUT2D eigenvalue weighted by Crippen LogP contribution is -2.00. The number of benzene rings is 2. The highest BCUT2D eigenvalue weighted by Gasteiger charge is 2.08. The van der Waals surface area contributed by atoms with Crippen LogP contribution >= 0.6 is 23.4 Å². The normalized spacial score (nSPS) is 10.4. The summed E-state index contributed by atoms with van der Waals surface area (Å²) in [6.45, 7) is 2.14. The zero-order chi connectivity index (χ0) is 13.7. The van der Waals surface area contributed by atoms with Crippen LogP contribution in [0.1, 0.15) is 28.4 Å². The van der Waals surface area contributed by atoms with E-state index in [4.69, 9.17) is 11.6 Å². The molecule has 19 heavy (non-hydrogen) atoms. The largest absolute Gasteiger partial charge is 0.289 e. The van der Waals surface area contributed by atoms with Crippen molar-refractivity contribution in [2.45, 2.75) is 12.7 Å². The molecule has 98 valence electrons. The zero-order valence-corrected chi connectivity index (χ0v) is 12.3. The molecule has 0 saturated heterocycles. The van der Waals surface area contributed by atoms with E-state index in [0.29, 0.717) is 16.1 Å². The maximum atomic E-state index is 12.2. The zero-order valence-electron chi connectivity index (χ0n) is 10.7. The van der Waals surface area contributed by atoms with Crippen LogP contribution in [0.5, 0.6) is 0 Å². The Labute approximate surface area is 123 Å². The Morgan fingerprint density at radius 2 is 1.53 bits per heavy atom. The van der Waals surface area contributed by atoms with Gasteiger partial charge in [-0.1, -0.05) is 42.8 Å². The molecule has 0 fully saturated rings. The van der Waals surface area contributed by atoms with Gasteiger partial charge >= 0.3 is 0 Å². The van der Waals surface area contributed by atoms with Crippen molar-refractivity contribution in [1.29, 1.82) is 0 Å². The van der Waals surface area contributed by atoms with Crippen LogP contribution in [0, 0.1) is 0 Å². The number of ketones is 1. The molecule has 0 bridgehead atoms. The first-order chi connectivity index (χ1) is 9.20. The van der Waals surface area contributed by atoms with Gasteiger partial charge in [-0.25, -0.2) is 0 Å². The lowest BCUT2D eigenvalue weighted by molar-refractivity contribution is 0.103. The third-order valence-corrected chi connectivity index (χ3v) is 3.99. The van der Waals surface area contributed by atoms with E-state index in [9.17, 15) is 4.79 Å². The van der Waals surface area contributed by atoms with Gasteiger partial charge in [0.15, 0.2) is 5.78 Å². The number of hydrogen-bond acceptors (Lipinski definition) is 2. The van der Waals surface area contributed by atoms with Gasteiger partial charge in [-0.3, -0.25) is 4.79 Å². The molecule has 0 unspecified atom stereocenters. The highest BCUT2D eigenvalue weighted by molar-refractivity contribution is 7.98. The van der Waals surface area contributed by atoms with E-state index >= 15 is 0 Å². The molecule has 1 nitrogen and oxygen atoms in total. The number of thioether (sulfide) groups is 1. The fourth-order valence-electron chi connectivity index (χ4n) is 1.74. The monoisotopic (exact) mass is 290 g/mol. The molecule has 2 rings (SSSR count). The van der Waals surface area contributed by atoms with Crippen molar-refractivity contribution in [1.82, 2.24) is 0 Å². The van der Waals surface area contributed by atoms with E-state index in [1.165, 1.54) is 5.56 Å². The van der Waals surface area contributed by atoms with Crippen LogP contribution in [-0.4, -0.2) is 11.5 Å². The van der Waals surface area contributed by atoms with E-state index in [-0.39, 0.29) is 5.78 Å². The predicted octanol–water partition coefficient (Wildman–Crippen LogP) is 4.82. The summed E-state index contributed by atoms with van der Waals surface area (Å²) in [4.78, 5) is 12.2. The molecule has 0 atom stereocenters. The predicted molar refractivity (Wildman–Crippen MR) is 83.2 cm³/mol. The van der Waals surface area contributed by atoms with Crippen LogP contribution in [0.3, 0.4) is 0 Å². The molecular formula is C16H15ClOS. The van der Waals surface area contributed by atoms with Crippen molar-refractivity contribution in [2.24, 2.45) is 0 Å². The van der Waals surface area contributed by atoms with Gasteiger partial charge in [0.1, 0.15) is 0 Å². The fraction of sp³-hybridized carbons (Fsp3) is 0.188. The third-order valence-electron chi connectivity index (χ3n) is 2.80. The minimum absolute atomic E-state index is 0.0337. The second kappa shape index (κ2) is 6.78. The fourth-order valence-corrected chi connectivity index (χ4v) is 2.50. The van der Waals surface area contributed by atoms with Gasteiger partial charge in [0.05, 0.1) is 0 Å². The summed E-state index contributed by atoms with van der Waals surface area (Å²) in [6, 6.07) is 14.8. The first-order valence-corrected chi connectivity index (χ1v) is 7.71. The molecule has 2 aromatic rings.